The number of furan rings is 1. The molecule has 0 saturated heterocycles. The van der Waals surface area contributed by atoms with Crippen molar-refractivity contribution in [2.45, 2.75) is 26.3 Å². The summed E-state index contributed by atoms with van der Waals surface area (Å²) in [7, 11) is 0. The monoisotopic (exact) mass is 231 g/mol. The van der Waals surface area contributed by atoms with Crippen molar-refractivity contribution in [3.63, 3.8) is 0 Å². The van der Waals surface area contributed by atoms with Crippen molar-refractivity contribution in [2.75, 3.05) is 0 Å². The van der Waals surface area contributed by atoms with Crippen molar-refractivity contribution in [3.05, 3.63) is 53.2 Å². The number of nitrogens with one attached hydrogen (secondary N) is 1. The molecule has 4 nitrogen and oxygen atoms in total. The van der Waals surface area contributed by atoms with Gasteiger partial charge in [0, 0.05) is 17.8 Å². The fourth-order valence-corrected chi connectivity index (χ4v) is 1.95. The first-order chi connectivity index (χ1) is 8.20. The fourth-order valence-electron chi connectivity index (χ4n) is 1.95. The number of hydrazine groups is 1. The van der Waals surface area contributed by atoms with Gasteiger partial charge in [-0.1, -0.05) is 6.07 Å². The predicted octanol–water partition coefficient (Wildman–Crippen LogP) is 2.04. The Morgan fingerprint density at radius 2 is 2.18 bits per heavy atom. The van der Waals surface area contributed by atoms with Gasteiger partial charge in [0.25, 0.3) is 0 Å². The van der Waals surface area contributed by atoms with Gasteiger partial charge in [-0.2, -0.15) is 0 Å². The Labute approximate surface area is 101 Å². The van der Waals surface area contributed by atoms with Crippen molar-refractivity contribution in [1.29, 1.82) is 0 Å². The van der Waals surface area contributed by atoms with E-state index in [0.717, 1.165) is 29.1 Å². The van der Waals surface area contributed by atoms with Crippen LogP contribution in [0, 0.1) is 13.8 Å². The number of rotatable bonds is 4. The molecule has 0 fully saturated rings. The standard InChI is InChI=1S/C13H17N3O/c1-9-5-6-12(10(2)15-9)13(16-14)8-11-4-3-7-17-11/h3-7,13,16H,8,14H2,1-2H3. The van der Waals surface area contributed by atoms with Crippen molar-refractivity contribution in [2.24, 2.45) is 5.84 Å². The SMILES string of the molecule is Cc1ccc(C(Cc2ccco2)NN)c(C)n1. The number of hydrogen-bond donors (Lipinski definition) is 2. The summed E-state index contributed by atoms with van der Waals surface area (Å²) in [6.45, 7) is 3.98. The number of hydrogen-bond acceptors (Lipinski definition) is 4. The van der Waals surface area contributed by atoms with Crippen molar-refractivity contribution in [1.82, 2.24) is 10.4 Å². The molecule has 3 N–H and O–H groups in total. The molecule has 0 spiro atoms. The molecule has 0 amide bonds. The zero-order valence-corrected chi connectivity index (χ0v) is 10.1. The largest absolute Gasteiger partial charge is 0.469 e. The van der Waals surface area contributed by atoms with Gasteiger partial charge in [0.05, 0.1) is 12.3 Å². The lowest BCUT2D eigenvalue weighted by Gasteiger charge is -2.17. The second-order valence-corrected chi connectivity index (χ2v) is 4.13. The summed E-state index contributed by atoms with van der Waals surface area (Å²) >= 11 is 0. The minimum absolute atomic E-state index is 0.0225. The summed E-state index contributed by atoms with van der Waals surface area (Å²) in [6, 6.07) is 7.90. The van der Waals surface area contributed by atoms with Crippen LogP contribution in [0.15, 0.2) is 34.9 Å². The van der Waals surface area contributed by atoms with Gasteiger partial charge in [-0.3, -0.25) is 16.3 Å². The molecular weight excluding hydrogens is 214 g/mol. The van der Waals surface area contributed by atoms with E-state index in [1.54, 1.807) is 6.26 Å². The van der Waals surface area contributed by atoms with Gasteiger partial charge in [-0.25, -0.2) is 0 Å². The Hall–Kier alpha value is -1.65. The lowest BCUT2D eigenvalue weighted by molar-refractivity contribution is 0.453. The smallest absolute Gasteiger partial charge is 0.105 e. The summed E-state index contributed by atoms with van der Waals surface area (Å²) in [5.74, 6) is 6.52. The molecular formula is C13H17N3O. The molecule has 17 heavy (non-hydrogen) atoms. The topological polar surface area (TPSA) is 64.1 Å². The number of nitrogens with two attached hydrogens (primary N) is 1. The maximum atomic E-state index is 5.61. The Bertz CT molecular complexity index is 479. The lowest BCUT2D eigenvalue weighted by atomic mass is 10.0. The van der Waals surface area contributed by atoms with E-state index in [1.807, 2.05) is 32.0 Å². The molecule has 1 atom stereocenters. The highest BCUT2D eigenvalue weighted by Crippen LogP contribution is 2.20. The Balaban J connectivity index is 2.23. The van der Waals surface area contributed by atoms with Crippen LogP contribution in [0.4, 0.5) is 0 Å². The van der Waals surface area contributed by atoms with Crippen LogP contribution in [-0.4, -0.2) is 4.98 Å². The molecule has 0 aromatic carbocycles. The van der Waals surface area contributed by atoms with Gasteiger partial charge in [-0.05, 0) is 37.6 Å². The van der Waals surface area contributed by atoms with E-state index >= 15 is 0 Å². The first-order valence-electron chi connectivity index (χ1n) is 5.63. The highest BCUT2D eigenvalue weighted by Gasteiger charge is 2.15. The van der Waals surface area contributed by atoms with Gasteiger partial charge < -0.3 is 4.42 Å². The van der Waals surface area contributed by atoms with Crippen LogP contribution in [0.3, 0.4) is 0 Å². The van der Waals surface area contributed by atoms with E-state index < -0.39 is 0 Å². The van der Waals surface area contributed by atoms with E-state index in [-0.39, 0.29) is 6.04 Å². The van der Waals surface area contributed by atoms with Crippen molar-refractivity contribution >= 4 is 0 Å². The zero-order chi connectivity index (χ0) is 12.3. The highest BCUT2D eigenvalue weighted by molar-refractivity contribution is 5.26. The van der Waals surface area contributed by atoms with E-state index in [0.29, 0.717) is 0 Å². The van der Waals surface area contributed by atoms with E-state index in [1.165, 1.54) is 0 Å². The minimum Gasteiger partial charge on any atom is -0.469 e. The molecule has 90 valence electrons. The number of aryl methyl sites for hydroxylation is 2. The molecule has 4 heteroatoms. The molecule has 0 aliphatic heterocycles. The molecule has 2 rings (SSSR count). The summed E-state index contributed by atoms with van der Waals surface area (Å²) in [5, 5.41) is 0. The Morgan fingerprint density at radius 1 is 1.35 bits per heavy atom. The van der Waals surface area contributed by atoms with Gasteiger partial charge in [0.2, 0.25) is 0 Å². The number of aromatic nitrogens is 1. The molecule has 0 aliphatic rings. The van der Waals surface area contributed by atoms with Crippen LogP contribution < -0.4 is 11.3 Å². The van der Waals surface area contributed by atoms with E-state index in [9.17, 15) is 0 Å². The van der Waals surface area contributed by atoms with Gasteiger partial charge in [0.15, 0.2) is 0 Å². The van der Waals surface area contributed by atoms with Crippen molar-refractivity contribution in [3.8, 4) is 0 Å². The molecule has 2 aromatic heterocycles. The molecule has 1 unspecified atom stereocenters. The van der Waals surface area contributed by atoms with Crippen molar-refractivity contribution < 1.29 is 4.42 Å². The minimum atomic E-state index is 0.0225. The molecule has 0 bridgehead atoms. The van der Waals surface area contributed by atoms with Crippen LogP contribution in [0.2, 0.25) is 0 Å². The third-order valence-corrected chi connectivity index (χ3v) is 2.83. The average Bonchev–Trinajstić information content (AvgIpc) is 2.79. The fraction of sp³-hybridized carbons (Fsp3) is 0.308. The third kappa shape index (κ3) is 2.72. The van der Waals surface area contributed by atoms with Crippen LogP contribution in [0.1, 0.15) is 28.8 Å². The first-order valence-corrected chi connectivity index (χ1v) is 5.63. The molecule has 2 aromatic rings. The third-order valence-electron chi connectivity index (χ3n) is 2.83. The average molecular weight is 231 g/mol. The zero-order valence-electron chi connectivity index (χ0n) is 10.1. The quantitative estimate of drug-likeness (QED) is 0.624. The van der Waals surface area contributed by atoms with Gasteiger partial charge >= 0.3 is 0 Å². The molecule has 0 aliphatic carbocycles. The highest BCUT2D eigenvalue weighted by atomic mass is 16.3. The van der Waals surface area contributed by atoms with Gasteiger partial charge in [0.1, 0.15) is 5.76 Å². The summed E-state index contributed by atoms with van der Waals surface area (Å²) in [5.41, 5.74) is 5.94. The Morgan fingerprint density at radius 3 is 2.76 bits per heavy atom. The maximum Gasteiger partial charge on any atom is 0.105 e. The maximum absolute atomic E-state index is 5.61. The van der Waals surface area contributed by atoms with E-state index in [4.69, 9.17) is 10.3 Å². The van der Waals surface area contributed by atoms with E-state index in [2.05, 4.69) is 16.5 Å². The molecule has 0 saturated carbocycles. The van der Waals surface area contributed by atoms with Crippen LogP contribution in [-0.2, 0) is 6.42 Å². The van der Waals surface area contributed by atoms with Crippen LogP contribution in [0.5, 0.6) is 0 Å². The lowest BCUT2D eigenvalue weighted by Crippen LogP contribution is -2.30. The predicted molar refractivity (Wildman–Crippen MR) is 66.2 cm³/mol. The summed E-state index contributed by atoms with van der Waals surface area (Å²) < 4.78 is 5.33. The number of nitrogens with zero attached hydrogens (tertiary/aromatic N) is 1. The summed E-state index contributed by atoms with van der Waals surface area (Å²) in [4.78, 5) is 4.45. The van der Waals surface area contributed by atoms with Crippen LogP contribution in [0.25, 0.3) is 0 Å². The normalized spacial score (nSPS) is 12.6. The first kappa shape index (κ1) is 11.8. The summed E-state index contributed by atoms with van der Waals surface area (Å²) in [6.07, 6.45) is 2.39. The Kier molecular flexibility index (Phi) is 3.56. The van der Waals surface area contributed by atoms with Gasteiger partial charge in [-0.15, -0.1) is 0 Å². The molecule has 0 radical (unpaired) electrons. The number of pyridine rings is 1. The second-order valence-electron chi connectivity index (χ2n) is 4.13. The van der Waals surface area contributed by atoms with Crippen LogP contribution >= 0.6 is 0 Å². The molecule has 2 heterocycles. The second kappa shape index (κ2) is 5.12.